The maximum absolute atomic E-state index is 13.7. The SMILES string of the molecule is CC(C)c1ccc2c(c1)CCC(C)N2S(=O)(=O)C(O)c1ccccc1OCC1CCOCC1. The van der Waals surface area contributed by atoms with E-state index in [0.717, 1.165) is 38.0 Å². The Morgan fingerprint density at radius 3 is 2.58 bits per heavy atom. The number of aliphatic hydroxyl groups excluding tert-OH is 1. The highest BCUT2D eigenvalue weighted by molar-refractivity contribution is 7.92. The van der Waals surface area contributed by atoms with Crippen molar-refractivity contribution in [2.75, 3.05) is 24.1 Å². The molecule has 1 fully saturated rings. The fourth-order valence-electron chi connectivity index (χ4n) is 4.69. The summed E-state index contributed by atoms with van der Waals surface area (Å²) in [6.07, 6.45) is 3.37. The van der Waals surface area contributed by atoms with Crippen molar-refractivity contribution in [2.45, 2.75) is 63.9 Å². The maximum Gasteiger partial charge on any atom is 0.266 e. The predicted molar refractivity (Wildman–Crippen MR) is 130 cm³/mol. The minimum absolute atomic E-state index is 0.239. The summed E-state index contributed by atoms with van der Waals surface area (Å²) in [5.74, 6) is 1.15. The first-order chi connectivity index (χ1) is 15.8. The van der Waals surface area contributed by atoms with Crippen molar-refractivity contribution in [2.24, 2.45) is 5.92 Å². The monoisotopic (exact) mass is 473 g/mol. The molecule has 2 heterocycles. The van der Waals surface area contributed by atoms with E-state index in [0.29, 0.717) is 36.3 Å². The Morgan fingerprint density at radius 2 is 1.85 bits per heavy atom. The third-order valence-electron chi connectivity index (χ3n) is 6.80. The van der Waals surface area contributed by atoms with E-state index in [1.165, 1.54) is 9.87 Å². The number of hydrogen-bond donors (Lipinski definition) is 1. The van der Waals surface area contributed by atoms with Gasteiger partial charge in [0.15, 0.2) is 0 Å². The lowest BCUT2D eigenvalue weighted by Gasteiger charge is -2.37. The lowest BCUT2D eigenvalue weighted by atomic mass is 9.93. The molecule has 0 amide bonds. The van der Waals surface area contributed by atoms with E-state index in [4.69, 9.17) is 9.47 Å². The number of nitrogens with zero attached hydrogens (tertiary/aromatic N) is 1. The minimum atomic E-state index is -4.09. The molecule has 4 rings (SSSR count). The summed E-state index contributed by atoms with van der Waals surface area (Å²) in [6, 6.07) is 12.6. The van der Waals surface area contributed by atoms with Crippen LogP contribution < -0.4 is 9.04 Å². The fourth-order valence-corrected chi connectivity index (χ4v) is 6.48. The normalized spacial score (nSPS) is 20.5. The van der Waals surface area contributed by atoms with Gasteiger partial charge in [-0.3, -0.25) is 4.31 Å². The van der Waals surface area contributed by atoms with E-state index in [2.05, 4.69) is 19.9 Å². The van der Waals surface area contributed by atoms with Gasteiger partial charge in [0.2, 0.25) is 5.44 Å². The van der Waals surface area contributed by atoms with Gasteiger partial charge in [0, 0.05) is 24.8 Å². The molecule has 2 aromatic rings. The molecule has 2 aromatic carbocycles. The summed E-state index contributed by atoms with van der Waals surface area (Å²) in [5.41, 5.74) is 1.44. The average Bonchev–Trinajstić information content (AvgIpc) is 2.82. The Balaban J connectivity index is 1.62. The zero-order chi connectivity index (χ0) is 23.6. The van der Waals surface area contributed by atoms with Gasteiger partial charge in [-0.1, -0.05) is 44.2 Å². The highest BCUT2D eigenvalue weighted by Gasteiger charge is 2.39. The molecule has 0 radical (unpaired) electrons. The van der Waals surface area contributed by atoms with E-state index in [-0.39, 0.29) is 11.6 Å². The molecule has 0 spiro atoms. The van der Waals surface area contributed by atoms with Gasteiger partial charge < -0.3 is 14.6 Å². The highest BCUT2D eigenvalue weighted by atomic mass is 32.2. The predicted octanol–water partition coefficient (Wildman–Crippen LogP) is 4.78. The first-order valence-corrected chi connectivity index (χ1v) is 13.4. The van der Waals surface area contributed by atoms with E-state index >= 15 is 0 Å². The molecule has 2 atom stereocenters. The van der Waals surface area contributed by atoms with Crippen LogP contribution in [0.1, 0.15) is 68.1 Å². The molecule has 1 N–H and O–H groups in total. The van der Waals surface area contributed by atoms with Crippen LogP contribution in [0.15, 0.2) is 42.5 Å². The Morgan fingerprint density at radius 1 is 1.12 bits per heavy atom. The number of aryl methyl sites for hydroxylation is 1. The molecule has 0 aliphatic carbocycles. The minimum Gasteiger partial charge on any atom is -0.493 e. The number of fused-ring (bicyclic) bond motifs is 1. The van der Waals surface area contributed by atoms with Gasteiger partial charge in [-0.25, -0.2) is 8.42 Å². The van der Waals surface area contributed by atoms with Gasteiger partial charge in [0.1, 0.15) is 5.75 Å². The molecular weight excluding hydrogens is 438 g/mol. The van der Waals surface area contributed by atoms with Gasteiger partial charge in [0.05, 0.1) is 12.3 Å². The summed E-state index contributed by atoms with van der Waals surface area (Å²) in [6.45, 7) is 8.07. The van der Waals surface area contributed by atoms with Gasteiger partial charge >= 0.3 is 0 Å². The van der Waals surface area contributed by atoms with Crippen molar-refractivity contribution in [1.82, 2.24) is 0 Å². The van der Waals surface area contributed by atoms with E-state index < -0.39 is 15.5 Å². The summed E-state index contributed by atoms with van der Waals surface area (Å²) in [7, 11) is -4.09. The molecule has 2 unspecified atom stereocenters. The number of benzene rings is 2. The lowest BCUT2D eigenvalue weighted by Crippen LogP contribution is -2.44. The zero-order valence-electron chi connectivity index (χ0n) is 19.7. The Bertz CT molecular complexity index is 1060. The van der Waals surface area contributed by atoms with Crippen LogP contribution in [0.2, 0.25) is 0 Å². The summed E-state index contributed by atoms with van der Waals surface area (Å²) in [4.78, 5) is 0. The van der Waals surface area contributed by atoms with Crippen LogP contribution in [0.5, 0.6) is 5.75 Å². The first-order valence-electron chi connectivity index (χ1n) is 11.9. The Hall–Kier alpha value is -2.09. The third kappa shape index (κ3) is 5.05. The van der Waals surface area contributed by atoms with Crippen molar-refractivity contribution in [1.29, 1.82) is 0 Å². The van der Waals surface area contributed by atoms with Crippen molar-refractivity contribution < 1.29 is 23.0 Å². The van der Waals surface area contributed by atoms with Gasteiger partial charge in [-0.05, 0) is 67.7 Å². The van der Waals surface area contributed by atoms with Crippen LogP contribution in [0.25, 0.3) is 0 Å². The van der Waals surface area contributed by atoms with E-state index in [9.17, 15) is 13.5 Å². The highest BCUT2D eigenvalue weighted by Crippen LogP contribution is 2.40. The second kappa shape index (κ2) is 10.0. The van der Waals surface area contributed by atoms with Gasteiger partial charge in [-0.15, -0.1) is 0 Å². The number of ether oxygens (including phenoxy) is 2. The van der Waals surface area contributed by atoms with Crippen LogP contribution in [0.3, 0.4) is 0 Å². The first kappa shape index (κ1) is 24.0. The number of aliphatic hydroxyl groups is 1. The summed E-state index contributed by atoms with van der Waals surface area (Å²) >= 11 is 0. The number of anilines is 1. The molecule has 0 bridgehead atoms. The third-order valence-corrected chi connectivity index (χ3v) is 8.72. The Kier molecular flexibility index (Phi) is 7.31. The number of hydrogen-bond acceptors (Lipinski definition) is 5. The summed E-state index contributed by atoms with van der Waals surface area (Å²) in [5, 5.41) is 11.2. The van der Waals surface area contributed by atoms with Gasteiger partial charge in [-0.2, -0.15) is 0 Å². The van der Waals surface area contributed by atoms with Crippen molar-refractivity contribution in [3.63, 3.8) is 0 Å². The van der Waals surface area contributed by atoms with Crippen molar-refractivity contribution in [3.05, 3.63) is 59.2 Å². The standard InChI is InChI=1S/C26H35NO5S/c1-18(2)21-10-11-24-22(16-21)9-8-19(3)27(24)33(29,30)26(28)23-6-4-5-7-25(23)32-17-20-12-14-31-15-13-20/h4-7,10-11,16,18-20,26,28H,8-9,12-15,17H2,1-3H3. The Labute approximate surface area is 197 Å². The topological polar surface area (TPSA) is 76.1 Å². The van der Waals surface area contributed by atoms with E-state index in [1.54, 1.807) is 24.3 Å². The van der Waals surface area contributed by atoms with E-state index in [1.807, 2.05) is 19.1 Å². The van der Waals surface area contributed by atoms with Crippen molar-refractivity contribution in [3.8, 4) is 5.75 Å². The molecule has 0 saturated carbocycles. The van der Waals surface area contributed by atoms with Gasteiger partial charge in [0.25, 0.3) is 10.0 Å². The maximum atomic E-state index is 13.7. The van der Waals surface area contributed by atoms with Crippen LogP contribution in [-0.2, 0) is 21.2 Å². The van der Waals surface area contributed by atoms with Crippen LogP contribution in [0, 0.1) is 5.92 Å². The second-order valence-corrected chi connectivity index (χ2v) is 11.4. The van der Waals surface area contributed by atoms with Crippen LogP contribution >= 0.6 is 0 Å². The molecule has 2 aliphatic heterocycles. The zero-order valence-corrected chi connectivity index (χ0v) is 20.6. The smallest absolute Gasteiger partial charge is 0.266 e. The molecule has 1 saturated heterocycles. The number of sulfonamides is 1. The number of para-hydroxylation sites is 1. The average molecular weight is 474 g/mol. The molecule has 180 valence electrons. The molecule has 6 nitrogen and oxygen atoms in total. The largest absolute Gasteiger partial charge is 0.493 e. The summed E-state index contributed by atoms with van der Waals surface area (Å²) < 4.78 is 40.3. The fraction of sp³-hybridized carbons (Fsp3) is 0.538. The molecular formula is C26H35NO5S. The molecule has 33 heavy (non-hydrogen) atoms. The quantitative estimate of drug-likeness (QED) is 0.626. The number of rotatable bonds is 7. The van der Waals surface area contributed by atoms with Crippen molar-refractivity contribution >= 4 is 15.7 Å². The molecule has 0 aromatic heterocycles. The second-order valence-electron chi connectivity index (χ2n) is 9.53. The lowest BCUT2D eigenvalue weighted by molar-refractivity contribution is 0.0493. The molecule has 2 aliphatic rings. The van der Waals surface area contributed by atoms with Crippen LogP contribution in [-0.4, -0.2) is 39.4 Å². The van der Waals surface area contributed by atoms with Crippen LogP contribution in [0.4, 0.5) is 5.69 Å². The molecule has 7 heteroatoms.